The van der Waals surface area contributed by atoms with Crippen LogP contribution in [0.2, 0.25) is 0 Å². The Morgan fingerprint density at radius 2 is 2.24 bits per heavy atom. The summed E-state index contributed by atoms with van der Waals surface area (Å²) in [6, 6.07) is 2.40. The van der Waals surface area contributed by atoms with Crippen molar-refractivity contribution >= 4 is 28.0 Å². The molecule has 0 spiro atoms. The Morgan fingerprint density at radius 3 is 2.94 bits per heavy atom. The minimum atomic E-state index is 0.350. The molecule has 0 aliphatic carbocycles. The number of anilines is 1. The third-order valence-electron chi connectivity index (χ3n) is 2.97. The maximum Gasteiger partial charge on any atom is 0.203 e. The summed E-state index contributed by atoms with van der Waals surface area (Å²) in [6.07, 6.45) is 3.72. The highest BCUT2D eigenvalue weighted by molar-refractivity contribution is 6.02. The Hall–Kier alpha value is -2.04. The molecule has 3 aromatic rings. The van der Waals surface area contributed by atoms with E-state index in [-0.39, 0.29) is 0 Å². The van der Waals surface area contributed by atoms with Crippen molar-refractivity contribution in [2.75, 3.05) is 12.4 Å². The molecule has 3 heterocycles. The first-order chi connectivity index (χ1) is 8.22. The molecule has 0 aromatic carbocycles. The van der Waals surface area contributed by atoms with Gasteiger partial charge in [-0.25, -0.2) is 9.97 Å². The molecule has 3 rings (SSSR count). The summed E-state index contributed by atoms with van der Waals surface area (Å²) in [4.78, 5) is 12.0. The molecule has 0 radical (unpaired) electrons. The lowest BCUT2D eigenvalue weighted by Crippen LogP contribution is -2.05. The van der Waals surface area contributed by atoms with Crippen LogP contribution in [0.3, 0.4) is 0 Å². The molecule has 0 bridgehead atoms. The normalized spacial score (nSPS) is 11.8. The fourth-order valence-electron chi connectivity index (χ4n) is 2.27. The first-order valence-corrected chi connectivity index (χ1v) is 5.74. The topological polar surface area (TPSA) is 58.5 Å². The van der Waals surface area contributed by atoms with Crippen molar-refractivity contribution in [1.82, 2.24) is 19.5 Å². The predicted octanol–water partition coefficient (Wildman–Crippen LogP) is 2.54. The second-order valence-corrected chi connectivity index (χ2v) is 4.38. The summed E-state index contributed by atoms with van der Waals surface area (Å²) >= 11 is 0. The molecule has 0 atom stereocenters. The molecule has 0 saturated heterocycles. The van der Waals surface area contributed by atoms with Crippen LogP contribution in [-0.4, -0.2) is 26.6 Å². The lowest BCUT2D eigenvalue weighted by Gasteiger charge is -2.12. The quantitative estimate of drug-likeness (QED) is 0.710. The van der Waals surface area contributed by atoms with E-state index in [4.69, 9.17) is 0 Å². The van der Waals surface area contributed by atoms with Crippen molar-refractivity contribution < 1.29 is 0 Å². The zero-order valence-corrected chi connectivity index (χ0v) is 10.2. The van der Waals surface area contributed by atoms with Crippen LogP contribution in [0.4, 0.5) is 5.95 Å². The standard InChI is InChI=1S/C12H15N5/c1-7(2)17-10-8-4-5-14-11(8)15-6-9(10)16-12(17)13-3/h4-7H,1-3H3,(H,13,16)(H,14,15). The number of hydrogen-bond donors (Lipinski definition) is 2. The van der Waals surface area contributed by atoms with Gasteiger partial charge in [0.05, 0.1) is 11.7 Å². The van der Waals surface area contributed by atoms with Crippen molar-refractivity contribution in [2.24, 2.45) is 0 Å². The smallest absolute Gasteiger partial charge is 0.203 e. The van der Waals surface area contributed by atoms with Gasteiger partial charge in [-0.05, 0) is 19.9 Å². The average molecular weight is 229 g/mol. The Kier molecular flexibility index (Phi) is 2.07. The van der Waals surface area contributed by atoms with Gasteiger partial charge in [0.25, 0.3) is 0 Å². The second-order valence-electron chi connectivity index (χ2n) is 4.38. The van der Waals surface area contributed by atoms with Gasteiger partial charge in [-0.3, -0.25) is 0 Å². The Balaban J connectivity index is 2.50. The molecule has 0 aliphatic rings. The summed E-state index contributed by atoms with van der Waals surface area (Å²) in [5.74, 6) is 0.880. The molecule has 0 saturated carbocycles. The monoisotopic (exact) mass is 229 g/mol. The fraction of sp³-hybridized carbons (Fsp3) is 0.333. The molecular formula is C12H15N5. The number of aromatic nitrogens is 4. The largest absolute Gasteiger partial charge is 0.359 e. The number of nitrogens with zero attached hydrogens (tertiary/aromatic N) is 3. The summed E-state index contributed by atoms with van der Waals surface area (Å²) in [5.41, 5.74) is 2.97. The van der Waals surface area contributed by atoms with E-state index in [0.717, 1.165) is 28.0 Å². The van der Waals surface area contributed by atoms with Gasteiger partial charge in [-0.1, -0.05) is 0 Å². The maximum atomic E-state index is 4.56. The third-order valence-corrected chi connectivity index (χ3v) is 2.97. The molecule has 0 amide bonds. The van der Waals surface area contributed by atoms with Gasteiger partial charge in [0.2, 0.25) is 5.95 Å². The fourth-order valence-corrected chi connectivity index (χ4v) is 2.27. The second kappa shape index (κ2) is 3.48. The van der Waals surface area contributed by atoms with Gasteiger partial charge >= 0.3 is 0 Å². The summed E-state index contributed by atoms with van der Waals surface area (Å²) < 4.78 is 2.20. The van der Waals surface area contributed by atoms with Crippen LogP contribution in [0.5, 0.6) is 0 Å². The lowest BCUT2D eigenvalue weighted by molar-refractivity contribution is 0.626. The molecule has 0 aliphatic heterocycles. The van der Waals surface area contributed by atoms with Crippen LogP contribution in [0, 0.1) is 0 Å². The van der Waals surface area contributed by atoms with E-state index in [0.29, 0.717) is 6.04 Å². The van der Waals surface area contributed by atoms with Crippen LogP contribution in [-0.2, 0) is 0 Å². The number of imidazole rings is 1. The van der Waals surface area contributed by atoms with Gasteiger partial charge in [0.1, 0.15) is 11.2 Å². The Bertz CT molecular complexity index is 677. The van der Waals surface area contributed by atoms with Crippen molar-refractivity contribution in [3.05, 3.63) is 18.5 Å². The minimum Gasteiger partial charge on any atom is -0.359 e. The predicted molar refractivity (Wildman–Crippen MR) is 69.3 cm³/mol. The lowest BCUT2D eigenvalue weighted by atomic mass is 10.2. The number of pyridine rings is 1. The maximum absolute atomic E-state index is 4.56. The van der Waals surface area contributed by atoms with Crippen LogP contribution < -0.4 is 5.32 Å². The zero-order valence-electron chi connectivity index (χ0n) is 10.2. The molecular weight excluding hydrogens is 214 g/mol. The summed E-state index contributed by atoms with van der Waals surface area (Å²) in [6.45, 7) is 4.31. The number of H-pyrrole nitrogens is 1. The molecule has 0 fully saturated rings. The molecule has 88 valence electrons. The SMILES string of the molecule is CNc1nc2cnc3[nH]ccc3c2n1C(C)C. The molecule has 0 unspecified atom stereocenters. The number of rotatable bonds is 2. The Morgan fingerprint density at radius 1 is 1.41 bits per heavy atom. The van der Waals surface area contributed by atoms with Crippen LogP contribution in [0.25, 0.3) is 22.1 Å². The average Bonchev–Trinajstić information content (AvgIpc) is 2.91. The van der Waals surface area contributed by atoms with E-state index in [1.165, 1.54) is 0 Å². The van der Waals surface area contributed by atoms with Crippen molar-refractivity contribution in [3.8, 4) is 0 Å². The van der Waals surface area contributed by atoms with E-state index in [1.807, 2.05) is 25.5 Å². The van der Waals surface area contributed by atoms with Crippen LogP contribution in [0.15, 0.2) is 18.5 Å². The molecule has 5 nitrogen and oxygen atoms in total. The van der Waals surface area contributed by atoms with Crippen molar-refractivity contribution in [3.63, 3.8) is 0 Å². The van der Waals surface area contributed by atoms with Gasteiger partial charge < -0.3 is 14.9 Å². The molecule has 3 aromatic heterocycles. The van der Waals surface area contributed by atoms with E-state index in [9.17, 15) is 0 Å². The van der Waals surface area contributed by atoms with E-state index in [2.05, 4.69) is 38.7 Å². The van der Waals surface area contributed by atoms with Gasteiger partial charge in [0.15, 0.2) is 0 Å². The Labute approximate surface area is 98.9 Å². The number of nitrogens with one attached hydrogen (secondary N) is 2. The van der Waals surface area contributed by atoms with Gasteiger partial charge in [-0.15, -0.1) is 0 Å². The highest BCUT2D eigenvalue weighted by Crippen LogP contribution is 2.28. The number of aromatic amines is 1. The first-order valence-electron chi connectivity index (χ1n) is 5.74. The number of hydrogen-bond acceptors (Lipinski definition) is 3. The molecule has 5 heteroatoms. The molecule has 17 heavy (non-hydrogen) atoms. The zero-order chi connectivity index (χ0) is 12.0. The van der Waals surface area contributed by atoms with E-state index >= 15 is 0 Å². The van der Waals surface area contributed by atoms with Crippen LogP contribution in [0.1, 0.15) is 19.9 Å². The van der Waals surface area contributed by atoms with Crippen molar-refractivity contribution in [2.45, 2.75) is 19.9 Å². The van der Waals surface area contributed by atoms with Crippen LogP contribution >= 0.6 is 0 Å². The third kappa shape index (κ3) is 1.32. The highest BCUT2D eigenvalue weighted by atomic mass is 15.2. The van der Waals surface area contributed by atoms with Crippen molar-refractivity contribution in [1.29, 1.82) is 0 Å². The summed E-state index contributed by atoms with van der Waals surface area (Å²) in [5, 5.41) is 4.25. The number of fused-ring (bicyclic) bond motifs is 3. The van der Waals surface area contributed by atoms with E-state index in [1.54, 1.807) is 0 Å². The van der Waals surface area contributed by atoms with Gasteiger partial charge in [0, 0.05) is 24.7 Å². The van der Waals surface area contributed by atoms with E-state index < -0.39 is 0 Å². The summed E-state index contributed by atoms with van der Waals surface area (Å²) in [7, 11) is 1.89. The minimum absolute atomic E-state index is 0.350. The molecule has 2 N–H and O–H groups in total. The first kappa shape index (κ1) is 10.1. The highest BCUT2D eigenvalue weighted by Gasteiger charge is 2.15. The van der Waals surface area contributed by atoms with Gasteiger partial charge in [-0.2, -0.15) is 0 Å².